The molecule has 0 spiro atoms. The van der Waals surface area contributed by atoms with Crippen LogP contribution in [0.25, 0.3) is 0 Å². The SMILES string of the molecule is CSC1(CNc2ccnc(C)n2)CCC1. The van der Waals surface area contributed by atoms with Crippen LogP contribution >= 0.6 is 11.8 Å². The summed E-state index contributed by atoms with van der Waals surface area (Å²) in [4.78, 5) is 8.42. The zero-order valence-electron chi connectivity index (χ0n) is 9.29. The summed E-state index contributed by atoms with van der Waals surface area (Å²) in [5.41, 5.74) is 0. The van der Waals surface area contributed by atoms with E-state index in [1.54, 1.807) is 6.20 Å². The van der Waals surface area contributed by atoms with Crippen molar-refractivity contribution in [2.75, 3.05) is 18.1 Å². The average molecular weight is 223 g/mol. The molecule has 82 valence electrons. The number of aromatic nitrogens is 2. The highest BCUT2D eigenvalue weighted by Gasteiger charge is 2.35. The number of rotatable bonds is 4. The van der Waals surface area contributed by atoms with E-state index in [1.165, 1.54) is 19.3 Å². The summed E-state index contributed by atoms with van der Waals surface area (Å²) >= 11 is 1.98. The Hall–Kier alpha value is -0.770. The Morgan fingerprint density at radius 1 is 1.53 bits per heavy atom. The molecule has 0 saturated heterocycles. The Kier molecular flexibility index (Phi) is 3.14. The van der Waals surface area contributed by atoms with Crippen molar-refractivity contribution in [1.82, 2.24) is 9.97 Å². The molecule has 0 aromatic carbocycles. The van der Waals surface area contributed by atoms with Gasteiger partial charge in [-0.25, -0.2) is 9.97 Å². The molecule has 1 fully saturated rings. The Morgan fingerprint density at radius 3 is 2.87 bits per heavy atom. The number of nitrogens with one attached hydrogen (secondary N) is 1. The highest BCUT2D eigenvalue weighted by atomic mass is 32.2. The highest BCUT2D eigenvalue weighted by molar-refractivity contribution is 8.00. The van der Waals surface area contributed by atoms with Crippen molar-refractivity contribution < 1.29 is 0 Å². The first-order valence-corrected chi connectivity index (χ1v) is 6.55. The normalized spacial score (nSPS) is 18.3. The summed E-state index contributed by atoms with van der Waals surface area (Å²) < 4.78 is 0.457. The highest BCUT2D eigenvalue weighted by Crippen LogP contribution is 2.42. The zero-order valence-corrected chi connectivity index (χ0v) is 10.1. The van der Waals surface area contributed by atoms with E-state index < -0.39 is 0 Å². The van der Waals surface area contributed by atoms with Crippen LogP contribution < -0.4 is 5.32 Å². The summed E-state index contributed by atoms with van der Waals surface area (Å²) in [6.45, 7) is 2.93. The van der Waals surface area contributed by atoms with Crippen LogP contribution in [-0.4, -0.2) is 27.5 Å². The second kappa shape index (κ2) is 4.39. The third-order valence-electron chi connectivity index (χ3n) is 3.07. The molecular formula is C11H17N3S. The van der Waals surface area contributed by atoms with Crippen LogP contribution in [0.2, 0.25) is 0 Å². The zero-order chi connectivity index (χ0) is 10.7. The Balaban J connectivity index is 1.92. The van der Waals surface area contributed by atoms with Gasteiger partial charge in [0.05, 0.1) is 0 Å². The largest absolute Gasteiger partial charge is 0.369 e. The fourth-order valence-corrected chi connectivity index (χ4v) is 2.74. The van der Waals surface area contributed by atoms with Crippen LogP contribution in [0.1, 0.15) is 25.1 Å². The smallest absolute Gasteiger partial charge is 0.129 e. The van der Waals surface area contributed by atoms with Gasteiger partial charge in [-0.05, 0) is 32.1 Å². The summed E-state index contributed by atoms with van der Waals surface area (Å²) in [5, 5.41) is 3.41. The molecular weight excluding hydrogens is 206 g/mol. The first kappa shape index (κ1) is 10.7. The third-order valence-corrected chi connectivity index (χ3v) is 4.48. The van der Waals surface area contributed by atoms with Crippen LogP contribution in [0, 0.1) is 6.92 Å². The molecule has 0 unspecified atom stereocenters. The minimum atomic E-state index is 0.457. The lowest BCUT2D eigenvalue weighted by Crippen LogP contribution is -2.40. The van der Waals surface area contributed by atoms with E-state index in [9.17, 15) is 0 Å². The molecule has 1 N–H and O–H groups in total. The lowest BCUT2D eigenvalue weighted by Gasteiger charge is -2.40. The third kappa shape index (κ3) is 2.43. The number of anilines is 1. The number of nitrogens with zero attached hydrogens (tertiary/aromatic N) is 2. The molecule has 0 radical (unpaired) electrons. The fraction of sp³-hybridized carbons (Fsp3) is 0.636. The Labute approximate surface area is 95.1 Å². The van der Waals surface area contributed by atoms with Crippen molar-refractivity contribution in [3.8, 4) is 0 Å². The first-order chi connectivity index (χ1) is 7.24. The summed E-state index contributed by atoms with van der Waals surface area (Å²) in [6.07, 6.45) is 8.02. The average Bonchev–Trinajstić information content (AvgIpc) is 2.17. The lowest BCUT2D eigenvalue weighted by atomic mass is 9.84. The van der Waals surface area contributed by atoms with Gasteiger partial charge in [0.2, 0.25) is 0 Å². The van der Waals surface area contributed by atoms with E-state index in [0.717, 1.165) is 18.2 Å². The molecule has 1 aliphatic carbocycles. The molecule has 1 heterocycles. The van der Waals surface area contributed by atoms with Gasteiger partial charge in [-0.15, -0.1) is 0 Å². The molecule has 4 heteroatoms. The molecule has 3 nitrogen and oxygen atoms in total. The standard InChI is InChI=1S/C11H17N3S/c1-9-12-7-4-10(14-9)13-8-11(15-2)5-3-6-11/h4,7H,3,5-6,8H2,1-2H3,(H,12,13,14). The number of aryl methyl sites for hydroxylation is 1. The van der Waals surface area contributed by atoms with E-state index in [1.807, 2.05) is 24.8 Å². The molecule has 0 bridgehead atoms. The molecule has 15 heavy (non-hydrogen) atoms. The van der Waals surface area contributed by atoms with E-state index in [0.29, 0.717) is 4.75 Å². The van der Waals surface area contributed by atoms with Gasteiger partial charge in [0.25, 0.3) is 0 Å². The van der Waals surface area contributed by atoms with Crippen LogP contribution in [-0.2, 0) is 0 Å². The predicted molar refractivity (Wildman–Crippen MR) is 65.4 cm³/mol. The van der Waals surface area contributed by atoms with Gasteiger partial charge in [-0.3, -0.25) is 0 Å². The van der Waals surface area contributed by atoms with E-state index in [4.69, 9.17) is 0 Å². The maximum absolute atomic E-state index is 4.34. The fourth-order valence-electron chi connectivity index (χ4n) is 1.83. The summed E-state index contributed by atoms with van der Waals surface area (Å²) in [5.74, 6) is 1.77. The number of hydrogen-bond donors (Lipinski definition) is 1. The minimum Gasteiger partial charge on any atom is -0.369 e. The van der Waals surface area contributed by atoms with Crippen LogP contribution in [0.5, 0.6) is 0 Å². The van der Waals surface area contributed by atoms with E-state index in [-0.39, 0.29) is 0 Å². The van der Waals surface area contributed by atoms with Crippen molar-refractivity contribution in [3.05, 3.63) is 18.1 Å². The molecule has 0 aliphatic heterocycles. The van der Waals surface area contributed by atoms with Gasteiger partial charge in [-0.2, -0.15) is 11.8 Å². The van der Waals surface area contributed by atoms with Crippen molar-refractivity contribution in [2.45, 2.75) is 30.9 Å². The first-order valence-electron chi connectivity index (χ1n) is 5.33. The number of hydrogen-bond acceptors (Lipinski definition) is 4. The van der Waals surface area contributed by atoms with Crippen molar-refractivity contribution >= 4 is 17.6 Å². The summed E-state index contributed by atoms with van der Waals surface area (Å²) in [7, 11) is 0. The monoisotopic (exact) mass is 223 g/mol. The maximum Gasteiger partial charge on any atom is 0.129 e. The quantitative estimate of drug-likeness (QED) is 0.851. The van der Waals surface area contributed by atoms with Gasteiger partial charge < -0.3 is 5.32 Å². The van der Waals surface area contributed by atoms with Gasteiger partial charge in [0.15, 0.2) is 0 Å². The second-order valence-electron chi connectivity index (χ2n) is 4.08. The molecule has 0 atom stereocenters. The molecule has 1 aromatic rings. The Bertz CT molecular complexity index is 331. The van der Waals surface area contributed by atoms with Crippen LogP contribution in [0.3, 0.4) is 0 Å². The van der Waals surface area contributed by atoms with Gasteiger partial charge in [0.1, 0.15) is 11.6 Å². The van der Waals surface area contributed by atoms with Crippen molar-refractivity contribution in [3.63, 3.8) is 0 Å². The van der Waals surface area contributed by atoms with Crippen molar-refractivity contribution in [1.29, 1.82) is 0 Å². The topological polar surface area (TPSA) is 37.8 Å². The van der Waals surface area contributed by atoms with Gasteiger partial charge in [0, 0.05) is 17.5 Å². The second-order valence-corrected chi connectivity index (χ2v) is 5.36. The molecule has 1 saturated carbocycles. The van der Waals surface area contributed by atoms with Gasteiger partial charge in [-0.1, -0.05) is 6.42 Å². The Morgan fingerprint density at radius 2 is 2.33 bits per heavy atom. The van der Waals surface area contributed by atoms with E-state index in [2.05, 4.69) is 21.5 Å². The molecule has 0 amide bonds. The van der Waals surface area contributed by atoms with Gasteiger partial charge >= 0.3 is 0 Å². The molecule has 1 aromatic heterocycles. The predicted octanol–water partition coefficient (Wildman–Crippen LogP) is 2.48. The lowest BCUT2D eigenvalue weighted by molar-refractivity contribution is 0.379. The van der Waals surface area contributed by atoms with Crippen LogP contribution in [0.15, 0.2) is 12.3 Å². The number of thioether (sulfide) groups is 1. The minimum absolute atomic E-state index is 0.457. The van der Waals surface area contributed by atoms with Crippen molar-refractivity contribution in [2.24, 2.45) is 0 Å². The van der Waals surface area contributed by atoms with E-state index >= 15 is 0 Å². The summed E-state index contributed by atoms with van der Waals surface area (Å²) in [6, 6.07) is 1.93. The molecule has 2 rings (SSSR count). The van der Waals surface area contributed by atoms with Crippen LogP contribution in [0.4, 0.5) is 5.82 Å². The maximum atomic E-state index is 4.34. The molecule has 1 aliphatic rings.